The standard InChI is InChI=1S/C51H94NO8P/c1-3-5-7-9-11-13-15-17-19-21-23-24-26-28-30-32-34-36-38-40-42-44-51(55)58-47-49(53)48-60-61(56,57)59-46-45-52-50(54)43-41-39-37-35-33-31-29-27-25-22-20-18-16-14-12-10-8-6-4-2/h11,13,17,19,23-24,28,30,49,53H,3-10,12,14-16,18,20-22,25-27,29,31-48H2,1-2H3,(H,52,54)(H,56,57)/b13-11-,19-17-,24-23-,30-28-. The second kappa shape index (κ2) is 47.4. The number of hydrogen-bond donors (Lipinski definition) is 3. The molecule has 2 atom stereocenters. The van der Waals surface area contributed by atoms with E-state index in [1.54, 1.807) is 0 Å². The van der Waals surface area contributed by atoms with E-state index in [2.05, 4.69) is 67.8 Å². The van der Waals surface area contributed by atoms with Crippen LogP contribution < -0.4 is 5.32 Å². The quantitative estimate of drug-likeness (QED) is 0.0238. The molecular formula is C51H94NO8P. The molecule has 0 fully saturated rings. The summed E-state index contributed by atoms with van der Waals surface area (Å²) in [6.45, 7) is 3.54. The molecule has 0 aromatic heterocycles. The summed E-state index contributed by atoms with van der Waals surface area (Å²) in [6, 6.07) is 0. The van der Waals surface area contributed by atoms with Crippen LogP contribution in [0.15, 0.2) is 48.6 Å². The third-order valence-electron chi connectivity index (χ3n) is 10.8. The minimum atomic E-state index is -4.43. The number of aliphatic hydroxyl groups excluding tert-OH is 1. The van der Waals surface area contributed by atoms with Crippen molar-refractivity contribution in [3.05, 3.63) is 48.6 Å². The molecule has 0 spiro atoms. The predicted octanol–water partition coefficient (Wildman–Crippen LogP) is 14.7. The molecule has 356 valence electrons. The first-order valence-corrected chi connectivity index (χ1v) is 26.6. The number of phosphoric ester groups is 1. The zero-order valence-electron chi connectivity index (χ0n) is 39.4. The summed E-state index contributed by atoms with van der Waals surface area (Å²) >= 11 is 0. The van der Waals surface area contributed by atoms with Crippen molar-refractivity contribution >= 4 is 19.7 Å². The van der Waals surface area contributed by atoms with Crippen LogP contribution in [0.25, 0.3) is 0 Å². The molecule has 0 saturated carbocycles. The van der Waals surface area contributed by atoms with Gasteiger partial charge in [-0.05, 0) is 57.8 Å². The van der Waals surface area contributed by atoms with Gasteiger partial charge >= 0.3 is 13.8 Å². The number of carbonyl (C=O) groups is 2. The number of hydrogen-bond acceptors (Lipinski definition) is 7. The minimum absolute atomic E-state index is 0.0808. The Kier molecular flexibility index (Phi) is 45.9. The van der Waals surface area contributed by atoms with E-state index < -0.39 is 26.5 Å². The average Bonchev–Trinajstić information content (AvgIpc) is 3.25. The Labute approximate surface area is 375 Å². The third kappa shape index (κ3) is 48.9. The molecule has 0 rings (SSSR count). The number of rotatable bonds is 47. The van der Waals surface area contributed by atoms with Crippen LogP contribution in [0.5, 0.6) is 0 Å². The van der Waals surface area contributed by atoms with Gasteiger partial charge in [0.25, 0.3) is 0 Å². The fraction of sp³-hybridized carbons (Fsp3) is 0.804. The van der Waals surface area contributed by atoms with Gasteiger partial charge in [0.2, 0.25) is 5.91 Å². The normalized spacial score (nSPS) is 13.6. The number of nitrogens with one attached hydrogen (secondary N) is 1. The molecule has 10 heteroatoms. The monoisotopic (exact) mass is 880 g/mol. The highest BCUT2D eigenvalue weighted by molar-refractivity contribution is 7.47. The lowest BCUT2D eigenvalue weighted by molar-refractivity contribution is -0.147. The average molecular weight is 880 g/mol. The molecule has 0 saturated heterocycles. The van der Waals surface area contributed by atoms with Crippen molar-refractivity contribution in [2.45, 2.75) is 238 Å². The largest absolute Gasteiger partial charge is 0.472 e. The number of allylic oxidation sites excluding steroid dienone is 8. The second-order valence-electron chi connectivity index (χ2n) is 16.8. The highest BCUT2D eigenvalue weighted by atomic mass is 31.2. The van der Waals surface area contributed by atoms with Crippen molar-refractivity contribution in [2.24, 2.45) is 0 Å². The van der Waals surface area contributed by atoms with Crippen LogP contribution in [0.2, 0.25) is 0 Å². The molecule has 0 heterocycles. The van der Waals surface area contributed by atoms with E-state index in [-0.39, 0.29) is 32.1 Å². The molecule has 3 N–H and O–H groups in total. The van der Waals surface area contributed by atoms with Crippen LogP contribution in [0.1, 0.15) is 232 Å². The van der Waals surface area contributed by atoms with Crippen LogP contribution in [0.3, 0.4) is 0 Å². The first-order valence-electron chi connectivity index (χ1n) is 25.1. The molecule has 61 heavy (non-hydrogen) atoms. The van der Waals surface area contributed by atoms with Crippen LogP contribution in [-0.2, 0) is 27.9 Å². The van der Waals surface area contributed by atoms with Gasteiger partial charge in [0.05, 0.1) is 13.2 Å². The van der Waals surface area contributed by atoms with E-state index in [1.165, 1.54) is 128 Å². The summed E-state index contributed by atoms with van der Waals surface area (Å²) in [5.41, 5.74) is 0. The van der Waals surface area contributed by atoms with Gasteiger partial charge in [-0.15, -0.1) is 0 Å². The number of phosphoric acid groups is 1. The predicted molar refractivity (Wildman–Crippen MR) is 257 cm³/mol. The Morgan fingerprint density at radius 2 is 0.885 bits per heavy atom. The lowest BCUT2D eigenvalue weighted by Gasteiger charge is -2.15. The number of ether oxygens (including phenoxy) is 1. The molecule has 0 aliphatic rings. The summed E-state index contributed by atoms with van der Waals surface area (Å²) in [6.07, 6.45) is 56.1. The maximum Gasteiger partial charge on any atom is 0.472 e. The third-order valence-corrected chi connectivity index (χ3v) is 11.7. The van der Waals surface area contributed by atoms with E-state index >= 15 is 0 Å². The van der Waals surface area contributed by atoms with Crippen LogP contribution in [-0.4, -0.2) is 54.3 Å². The Morgan fingerprint density at radius 1 is 0.508 bits per heavy atom. The molecule has 0 aliphatic carbocycles. The molecule has 0 bridgehead atoms. The second-order valence-corrected chi connectivity index (χ2v) is 18.2. The van der Waals surface area contributed by atoms with Crippen LogP contribution >= 0.6 is 7.82 Å². The summed E-state index contributed by atoms with van der Waals surface area (Å²) < 4.78 is 27.0. The molecule has 0 aromatic carbocycles. The summed E-state index contributed by atoms with van der Waals surface area (Å²) in [4.78, 5) is 34.0. The van der Waals surface area contributed by atoms with Gasteiger partial charge in [0.1, 0.15) is 12.7 Å². The number of aliphatic hydroxyl groups is 1. The highest BCUT2D eigenvalue weighted by Crippen LogP contribution is 2.42. The minimum Gasteiger partial charge on any atom is -0.463 e. The van der Waals surface area contributed by atoms with Gasteiger partial charge < -0.3 is 20.1 Å². The van der Waals surface area contributed by atoms with E-state index in [0.29, 0.717) is 12.8 Å². The Morgan fingerprint density at radius 3 is 1.36 bits per heavy atom. The smallest absolute Gasteiger partial charge is 0.463 e. The van der Waals surface area contributed by atoms with Gasteiger partial charge in [0.15, 0.2) is 0 Å². The maximum atomic E-state index is 12.1. The zero-order valence-corrected chi connectivity index (χ0v) is 40.3. The van der Waals surface area contributed by atoms with Crippen molar-refractivity contribution < 1.29 is 37.9 Å². The number of unbranched alkanes of at least 4 members (excludes halogenated alkanes) is 26. The zero-order chi connectivity index (χ0) is 44.6. The van der Waals surface area contributed by atoms with Crippen molar-refractivity contribution in [3.8, 4) is 0 Å². The Hall–Kier alpha value is -2.03. The molecule has 0 aromatic rings. The Balaban J connectivity index is 3.59. The number of esters is 1. The number of amides is 1. The maximum absolute atomic E-state index is 12.1. The topological polar surface area (TPSA) is 131 Å². The van der Waals surface area contributed by atoms with Crippen molar-refractivity contribution in [3.63, 3.8) is 0 Å². The first-order chi connectivity index (χ1) is 29.8. The van der Waals surface area contributed by atoms with Crippen LogP contribution in [0, 0.1) is 0 Å². The SMILES string of the molecule is CCCCC/C=C\C/C=C\C/C=C\C/C=C\CCCCCCCC(=O)OCC(O)COP(=O)(O)OCCNC(=O)CCCCCCCCCCCCCCCCCCCCC. The van der Waals surface area contributed by atoms with Gasteiger partial charge in [0, 0.05) is 19.4 Å². The summed E-state index contributed by atoms with van der Waals surface area (Å²) in [5, 5.41) is 12.7. The fourth-order valence-corrected chi connectivity index (χ4v) is 7.71. The molecular weight excluding hydrogens is 786 g/mol. The van der Waals surface area contributed by atoms with Crippen LogP contribution in [0.4, 0.5) is 0 Å². The Bertz CT molecular complexity index is 1140. The van der Waals surface area contributed by atoms with E-state index in [9.17, 15) is 24.2 Å². The van der Waals surface area contributed by atoms with Crippen molar-refractivity contribution in [2.75, 3.05) is 26.4 Å². The van der Waals surface area contributed by atoms with Gasteiger partial charge in [-0.2, -0.15) is 0 Å². The van der Waals surface area contributed by atoms with E-state index in [1.807, 2.05) is 0 Å². The first kappa shape index (κ1) is 59.0. The molecule has 0 radical (unpaired) electrons. The highest BCUT2D eigenvalue weighted by Gasteiger charge is 2.23. The summed E-state index contributed by atoms with van der Waals surface area (Å²) in [5.74, 6) is -0.528. The molecule has 2 unspecified atom stereocenters. The lowest BCUT2D eigenvalue weighted by atomic mass is 10.0. The van der Waals surface area contributed by atoms with Gasteiger partial charge in [-0.3, -0.25) is 18.6 Å². The van der Waals surface area contributed by atoms with E-state index in [4.69, 9.17) is 13.8 Å². The van der Waals surface area contributed by atoms with Gasteiger partial charge in [-0.25, -0.2) is 4.57 Å². The van der Waals surface area contributed by atoms with Crippen molar-refractivity contribution in [1.82, 2.24) is 5.32 Å². The summed E-state index contributed by atoms with van der Waals surface area (Å²) in [7, 11) is -4.43. The van der Waals surface area contributed by atoms with Gasteiger partial charge in [-0.1, -0.05) is 210 Å². The molecule has 0 aliphatic heterocycles. The fourth-order valence-electron chi connectivity index (χ4n) is 6.95. The molecule has 1 amide bonds. The van der Waals surface area contributed by atoms with Crippen molar-refractivity contribution in [1.29, 1.82) is 0 Å². The molecule has 9 nitrogen and oxygen atoms in total. The number of carbonyl (C=O) groups excluding carboxylic acids is 2. The van der Waals surface area contributed by atoms with E-state index in [0.717, 1.165) is 70.6 Å². The lowest BCUT2D eigenvalue weighted by Crippen LogP contribution is -2.27.